The van der Waals surface area contributed by atoms with E-state index in [4.69, 9.17) is 5.84 Å². The predicted octanol–water partition coefficient (Wildman–Crippen LogP) is 2.47. The third-order valence-electron chi connectivity index (χ3n) is 3.44. The molecule has 0 aliphatic rings. The number of anilines is 1. The molecule has 0 amide bonds. The van der Waals surface area contributed by atoms with Crippen molar-refractivity contribution in [1.29, 1.82) is 0 Å². The largest absolute Gasteiger partial charge is 0.323 e. The van der Waals surface area contributed by atoms with E-state index < -0.39 is 10.0 Å². The van der Waals surface area contributed by atoms with Crippen LogP contribution in [0.4, 0.5) is 5.69 Å². The van der Waals surface area contributed by atoms with Crippen molar-refractivity contribution in [2.75, 3.05) is 12.0 Å². The number of nitrogen functional groups attached to an aromatic ring is 1. The first kappa shape index (κ1) is 16.9. The van der Waals surface area contributed by atoms with Crippen molar-refractivity contribution in [2.24, 2.45) is 11.8 Å². The highest BCUT2D eigenvalue weighted by molar-refractivity contribution is 7.89. The van der Waals surface area contributed by atoms with Gasteiger partial charge < -0.3 is 5.43 Å². The van der Waals surface area contributed by atoms with Crippen molar-refractivity contribution in [3.05, 3.63) is 24.3 Å². The Kier molecular flexibility index (Phi) is 6.98. The van der Waals surface area contributed by atoms with Gasteiger partial charge >= 0.3 is 0 Å². The summed E-state index contributed by atoms with van der Waals surface area (Å²) in [5.74, 6) is 5.73. The number of hydrazine groups is 1. The Morgan fingerprint density at radius 2 is 1.95 bits per heavy atom. The lowest BCUT2D eigenvalue weighted by Crippen LogP contribution is -2.30. The van der Waals surface area contributed by atoms with E-state index in [2.05, 4.69) is 24.0 Å². The molecule has 0 fully saturated rings. The van der Waals surface area contributed by atoms with Gasteiger partial charge in [-0.25, -0.2) is 13.1 Å². The monoisotopic (exact) mass is 299 g/mol. The third-order valence-corrected chi connectivity index (χ3v) is 4.92. The van der Waals surface area contributed by atoms with E-state index in [-0.39, 0.29) is 4.90 Å². The molecule has 114 valence electrons. The number of hydrogen-bond acceptors (Lipinski definition) is 4. The molecule has 4 N–H and O–H groups in total. The lowest BCUT2D eigenvalue weighted by Gasteiger charge is -2.16. The van der Waals surface area contributed by atoms with Crippen LogP contribution in [0.5, 0.6) is 0 Å². The molecule has 0 saturated heterocycles. The Labute approximate surface area is 122 Å². The summed E-state index contributed by atoms with van der Waals surface area (Å²) >= 11 is 0. The first-order chi connectivity index (χ1) is 9.55. The van der Waals surface area contributed by atoms with E-state index >= 15 is 0 Å². The Balaban J connectivity index is 2.74. The average molecular weight is 299 g/mol. The zero-order chi connectivity index (χ0) is 15.0. The van der Waals surface area contributed by atoms with E-state index in [1.807, 2.05) is 0 Å². The van der Waals surface area contributed by atoms with Gasteiger partial charge in [-0.05, 0) is 24.5 Å². The molecule has 0 heterocycles. The Morgan fingerprint density at radius 3 is 2.55 bits per heavy atom. The van der Waals surface area contributed by atoms with Crippen molar-refractivity contribution in [3.63, 3.8) is 0 Å². The predicted molar refractivity (Wildman–Crippen MR) is 82.7 cm³/mol. The second-order valence-electron chi connectivity index (χ2n) is 4.91. The van der Waals surface area contributed by atoms with Gasteiger partial charge in [-0.15, -0.1) is 0 Å². The molecule has 0 aromatic heterocycles. The highest BCUT2D eigenvalue weighted by Crippen LogP contribution is 2.20. The van der Waals surface area contributed by atoms with Crippen LogP contribution in [0.3, 0.4) is 0 Å². The molecule has 0 saturated carbocycles. The summed E-state index contributed by atoms with van der Waals surface area (Å²) in [6.45, 7) is 4.70. The molecule has 5 nitrogen and oxygen atoms in total. The molecule has 1 atom stereocenters. The second kappa shape index (κ2) is 8.24. The van der Waals surface area contributed by atoms with Crippen LogP contribution in [0.25, 0.3) is 0 Å². The molecule has 0 bridgehead atoms. The topological polar surface area (TPSA) is 84.2 Å². The summed E-state index contributed by atoms with van der Waals surface area (Å²) in [5.41, 5.74) is 2.82. The van der Waals surface area contributed by atoms with Crippen molar-refractivity contribution in [1.82, 2.24) is 4.72 Å². The first-order valence-corrected chi connectivity index (χ1v) is 8.58. The number of benzene rings is 1. The van der Waals surface area contributed by atoms with Crippen LogP contribution in [0, 0.1) is 5.92 Å². The molecule has 0 aliphatic heterocycles. The molecule has 6 heteroatoms. The standard InChI is InChI=1S/C14H25N3O2S/c1-3-5-8-12(4-2)11-16-20(18,19)14-10-7-6-9-13(14)17-15/h6-7,9-10,12,16-17H,3-5,8,11,15H2,1-2H3. The maximum Gasteiger partial charge on any atom is 0.242 e. The molecule has 0 spiro atoms. The number of nitrogens with two attached hydrogens (primary N) is 1. The number of sulfonamides is 1. The zero-order valence-electron chi connectivity index (χ0n) is 12.2. The molecular formula is C14H25N3O2S. The lowest BCUT2D eigenvalue weighted by atomic mass is 10.00. The summed E-state index contributed by atoms with van der Waals surface area (Å²) in [7, 11) is -3.53. The lowest BCUT2D eigenvalue weighted by molar-refractivity contribution is 0.444. The normalized spacial score (nSPS) is 13.2. The van der Waals surface area contributed by atoms with Crippen LogP contribution in [0.1, 0.15) is 39.5 Å². The van der Waals surface area contributed by atoms with Gasteiger partial charge in [0.2, 0.25) is 10.0 Å². The number of unbranched alkanes of at least 4 members (excludes halogenated alkanes) is 1. The number of nitrogens with one attached hydrogen (secondary N) is 2. The van der Waals surface area contributed by atoms with Crippen molar-refractivity contribution in [3.8, 4) is 0 Å². The van der Waals surface area contributed by atoms with Gasteiger partial charge in [0.1, 0.15) is 4.90 Å². The van der Waals surface area contributed by atoms with Gasteiger partial charge in [0.05, 0.1) is 5.69 Å². The molecule has 0 radical (unpaired) electrons. The van der Waals surface area contributed by atoms with Crippen molar-refractivity contribution in [2.45, 2.75) is 44.4 Å². The van der Waals surface area contributed by atoms with E-state index in [0.717, 1.165) is 25.7 Å². The van der Waals surface area contributed by atoms with Crippen LogP contribution < -0.4 is 16.0 Å². The molecule has 1 aromatic carbocycles. The van der Waals surface area contributed by atoms with Crippen LogP contribution in [0.15, 0.2) is 29.2 Å². The Morgan fingerprint density at radius 1 is 1.25 bits per heavy atom. The second-order valence-corrected chi connectivity index (χ2v) is 6.64. The van der Waals surface area contributed by atoms with Gasteiger partial charge in [0.15, 0.2) is 0 Å². The quantitative estimate of drug-likeness (QED) is 0.483. The van der Waals surface area contributed by atoms with Gasteiger partial charge in [0.25, 0.3) is 0 Å². The maximum atomic E-state index is 12.3. The fourth-order valence-electron chi connectivity index (χ4n) is 2.07. The summed E-state index contributed by atoms with van der Waals surface area (Å²) in [6.07, 6.45) is 4.27. The summed E-state index contributed by atoms with van der Waals surface area (Å²) < 4.78 is 27.3. The van der Waals surface area contributed by atoms with Crippen molar-refractivity contribution >= 4 is 15.7 Å². The van der Waals surface area contributed by atoms with Crippen LogP contribution in [-0.2, 0) is 10.0 Å². The van der Waals surface area contributed by atoms with E-state index in [9.17, 15) is 8.42 Å². The minimum Gasteiger partial charge on any atom is -0.323 e. The average Bonchev–Trinajstić information content (AvgIpc) is 2.47. The Bertz CT molecular complexity index is 503. The molecule has 20 heavy (non-hydrogen) atoms. The van der Waals surface area contributed by atoms with Gasteiger partial charge in [-0.3, -0.25) is 5.84 Å². The summed E-state index contributed by atoms with van der Waals surface area (Å²) in [5, 5.41) is 0. The van der Waals surface area contributed by atoms with Gasteiger partial charge in [-0.1, -0.05) is 45.2 Å². The summed E-state index contributed by atoms with van der Waals surface area (Å²) in [6, 6.07) is 6.61. The third kappa shape index (κ3) is 4.77. The number of para-hydroxylation sites is 1. The molecule has 1 aromatic rings. The van der Waals surface area contributed by atoms with Crippen molar-refractivity contribution < 1.29 is 8.42 Å². The maximum absolute atomic E-state index is 12.3. The van der Waals surface area contributed by atoms with E-state index in [1.54, 1.807) is 24.3 Å². The van der Waals surface area contributed by atoms with Crippen LogP contribution in [0.2, 0.25) is 0 Å². The SMILES string of the molecule is CCCCC(CC)CNS(=O)(=O)c1ccccc1NN. The highest BCUT2D eigenvalue weighted by Gasteiger charge is 2.19. The van der Waals surface area contributed by atoms with Gasteiger partial charge in [0, 0.05) is 6.54 Å². The molecule has 0 aliphatic carbocycles. The minimum absolute atomic E-state index is 0.188. The fraction of sp³-hybridized carbons (Fsp3) is 0.571. The molecule has 1 rings (SSSR count). The number of hydrogen-bond donors (Lipinski definition) is 3. The van der Waals surface area contributed by atoms with E-state index in [1.165, 1.54) is 0 Å². The Hall–Kier alpha value is -1.11. The zero-order valence-corrected chi connectivity index (χ0v) is 13.0. The molecular weight excluding hydrogens is 274 g/mol. The van der Waals surface area contributed by atoms with Crippen LogP contribution >= 0.6 is 0 Å². The summed E-state index contributed by atoms with van der Waals surface area (Å²) in [4.78, 5) is 0.188. The van der Waals surface area contributed by atoms with Crippen LogP contribution in [-0.4, -0.2) is 15.0 Å². The fourth-order valence-corrected chi connectivity index (χ4v) is 3.35. The molecule has 1 unspecified atom stereocenters. The van der Waals surface area contributed by atoms with E-state index in [0.29, 0.717) is 18.2 Å². The van der Waals surface area contributed by atoms with Gasteiger partial charge in [-0.2, -0.15) is 0 Å². The smallest absolute Gasteiger partial charge is 0.242 e. The number of rotatable bonds is 9. The minimum atomic E-state index is -3.53. The first-order valence-electron chi connectivity index (χ1n) is 7.10. The highest BCUT2D eigenvalue weighted by atomic mass is 32.2.